The van der Waals surface area contributed by atoms with Crippen molar-refractivity contribution in [3.8, 4) is 17.6 Å². The highest BCUT2D eigenvalue weighted by atomic mass is 127. The van der Waals surface area contributed by atoms with Gasteiger partial charge in [0.05, 0.1) is 27.5 Å². The second-order valence-corrected chi connectivity index (χ2v) is 5.65. The van der Waals surface area contributed by atoms with E-state index in [4.69, 9.17) is 14.7 Å². The third-order valence-electron chi connectivity index (χ3n) is 2.73. The van der Waals surface area contributed by atoms with E-state index in [2.05, 4.69) is 33.8 Å². The Balaban J connectivity index is 2.21. The third-order valence-corrected chi connectivity index (χ3v) is 3.47. The number of carbonyl (C=O) groups is 1. The van der Waals surface area contributed by atoms with Gasteiger partial charge in [0.25, 0.3) is 0 Å². The molecule has 1 aromatic heterocycles. The summed E-state index contributed by atoms with van der Waals surface area (Å²) in [5.41, 5.74) is 2.29. The maximum atomic E-state index is 11.3. The average molecular weight is 411 g/mol. The number of hydrogen-bond acceptors (Lipinski definition) is 5. The molecule has 0 atom stereocenters. The number of aryl methyl sites for hydroxylation is 1. The molecule has 1 heterocycles. The molecule has 6 nitrogen and oxygen atoms in total. The van der Waals surface area contributed by atoms with Crippen LogP contribution in [0.25, 0.3) is 5.69 Å². The quantitative estimate of drug-likeness (QED) is 0.559. The van der Waals surface area contributed by atoms with Gasteiger partial charge in [-0.2, -0.15) is 5.26 Å². The number of nitrogens with zero attached hydrogens (tertiary/aromatic N) is 3. The first kappa shape index (κ1) is 16.3. The maximum absolute atomic E-state index is 11.3. The number of esters is 1. The lowest BCUT2D eigenvalue weighted by Gasteiger charge is -2.04. The van der Waals surface area contributed by atoms with Crippen molar-refractivity contribution < 1.29 is 14.3 Å². The van der Waals surface area contributed by atoms with E-state index in [0.29, 0.717) is 18.1 Å². The van der Waals surface area contributed by atoms with Crippen LogP contribution < -0.4 is 4.74 Å². The minimum absolute atomic E-state index is 0.182. The molecule has 7 heteroatoms. The zero-order valence-corrected chi connectivity index (χ0v) is 14.3. The predicted molar refractivity (Wildman–Crippen MR) is 87.9 cm³/mol. The van der Waals surface area contributed by atoms with Crippen LogP contribution in [0.3, 0.4) is 0 Å². The average Bonchev–Trinajstić information content (AvgIpc) is 2.86. The topological polar surface area (TPSA) is 77.1 Å². The summed E-state index contributed by atoms with van der Waals surface area (Å²) in [5, 5.41) is 13.3. The summed E-state index contributed by atoms with van der Waals surface area (Å²) in [7, 11) is 0. The summed E-state index contributed by atoms with van der Waals surface area (Å²) in [4.78, 5) is 11.3. The summed E-state index contributed by atoms with van der Waals surface area (Å²) in [6.45, 7) is 3.78. The van der Waals surface area contributed by atoms with Crippen LogP contribution in [0.4, 0.5) is 0 Å². The molecular weight excluding hydrogens is 397 g/mol. The summed E-state index contributed by atoms with van der Waals surface area (Å²) in [6.07, 6.45) is 1.77. The van der Waals surface area contributed by atoms with E-state index in [1.807, 2.05) is 13.0 Å². The molecule has 0 N–H and O–H groups in total. The molecule has 1 aromatic carbocycles. The van der Waals surface area contributed by atoms with Crippen molar-refractivity contribution >= 4 is 28.6 Å². The standard InChI is InChI=1S/C15H14IN3O3/c1-3-21-14(20)9-22-15-13(16)8-19(18-15)12-5-10(2)4-11(6-12)7-17/h4-6,8H,3,9H2,1-2H3. The van der Waals surface area contributed by atoms with Gasteiger partial charge in [-0.25, -0.2) is 9.48 Å². The summed E-state index contributed by atoms with van der Waals surface area (Å²) >= 11 is 2.08. The highest BCUT2D eigenvalue weighted by Crippen LogP contribution is 2.22. The van der Waals surface area contributed by atoms with Crippen LogP contribution in [0.2, 0.25) is 0 Å². The molecule has 0 saturated carbocycles. The molecule has 0 spiro atoms. The Kier molecular flexibility index (Phi) is 5.38. The molecule has 0 unspecified atom stereocenters. The lowest BCUT2D eigenvalue weighted by molar-refractivity contribution is -0.145. The van der Waals surface area contributed by atoms with Crippen molar-refractivity contribution in [2.45, 2.75) is 13.8 Å². The fourth-order valence-electron chi connectivity index (χ4n) is 1.86. The van der Waals surface area contributed by atoms with Gasteiger partial charge in [0, 0.05) is 6.20 Å². The Hall–Kier alpha value is -2.08. The zero-order valence-electron chi connectivity index (χ0n) is 12.2. The highest BCUT2D eigenvalue weighted by Gasteiger charge is 2.12. The summed E-state index contributed by atoms with van der Waals surface area (Å²) in [5.74, 6) is -0.0798. The minimum atomic E-state index is -0.435. The van der Waals surface area contributed by atoms with Crippen molar-refractivity contribution in [3.05, 3.63) is 39.1 Å². The number of rotatable bonds is 5. The molecule has 0 aliphatic carbocycles. The predicted octanol–water partition coefficient (Wildman–Crippen LogP) is 2.60. The fourth-order valence-corrected chi connectivity index (χ4v) is 2.38. The van der Waals surface area contributed by atoms with Gasteiger partial charge in [-0.1, -0.05) is 0 Å². The smallest absolute Gasteiger partial charge is 0.344 e. The van der Waals surface area contributed by atoms with E-state index in [1.54, 1.807) is 29.9 Å². The maximum Gasteiger partial charge on any atom is 0.344 e. The Bertz CT molecular complexity index is 734. The van der Waals surface area contributed by atoms with Crippen LogP contribution >= 0.6 is 22.6 Å². The first-order valence-electron chi connectivity index (χ1n) is 6.59. The van der Waals surface area contributed by atoms with Crippen LogP contribution in [-0.2, 0) is 9.53 Å². The first-order valence-corrected chi connectivity index (χ1v) is 7.67. The SMILES string of the molecule is CCOC(=O)COc1nn(-c2cc(C)cc(C#N)c2)cc1I. The summed E-state index contributed by atoms with van der Waals surface area (Å²) < 4.78 is 12.6. The van der Waals surface area contributed by atoms with Crippen molar-refractivity contribution in [1.29, 1.82) is 5.26 Å². The number of halogens is 1. The first-order chi connectivity index (χ1) is 10.5. The highest BCUT2D eigenvalue weighted by molar-refractivity contribution is 14.1. The van der Waals surface area contributed by atoms with E-state index in [-0.39, 0.29) is 6.61 Å². The van der Waals surface area contributed by atoms with Crippen LogP contribution in [-0.4, -0.2) is 29.0 Å². The van der Waals surface area contributed by atoms with Crippen molar-refractivity contribution in [1.82, 2.24) is 9.78 Å². The molecule has 0 aliphatic heterocycles. The van der Waals surface area contributed by atoms with Crippen LogP contribution in [0.5, 0.6) is 5.88 Å². The number of benzene rings is 1. The Morgan fingerprint density at radius 3 is 2.91 bits per heavy atom. The molecule has 2 rings (SSSR count). The van der Waals surface area contributed by atoms with Gasteiger partial charge < -0.3 is 9.47 Å². The lowest BCUT2D eigenvalue weighted by atomic mass is 10.1. The van der Waals surface area contributed by atoms with Crippen LogP contribution in [0.15, 0.2) is 24.4 Å². The van der Waals surface area contributed by atoms with Gasteiger partial charge in [-0.3, -0.25) is 0 Å². The number of nitriles is 1. The molecule has 2 aromatic rings. The Labute approximate surface area is 141 Å². The molecule has 0 aliphatic rings. The van der Waals surface area contributed by atoms with Crippen molar-refractivity contribution in [2.75, 3.05) is 13.2 Å². The van der Waals surface area contributed by atoms with Gasteiger partial charge >= 0.3 is 5.97 Å². The van der Waals surface area contributed by atoms with Gasteiger partial charge in [-0.05, 0) is 60.2 Å². The lowest BCUT2D eigenvalue weighted by Crippen LogP contribution is -2.15. The van der Waals surface area contributed by atoms with E-state index < -0.39 is 5.97 Å². The Morgan fingerprint density at radius 1 is 1.45 bits per heavy atom. The van der Waals surface area contributed by atoms with Gasteiger partial charge in [-0.15, -0.1) is 5.10 Å². The normalized spacial score (nSPS) is 10.1. The van der Waals surface area contributed by atoms with E-state index in [9.17, 15) is 4.79 Å². The van der Waals surface area contributed by atoms with Gasteiger partial charge in [0.1, 0.15) is 0 Å². The molecule has 0 saturated heterocycles. The van der Waals surface area contributed by atoms with Crippen molar-refractivity contribution in [2.24, 2.45) is 0 Å². The molecule has 0 radical (unpaired) electrons. The Morgan fingerprint density at radius 2 is 2.23 bits per heavy atom. The third kappa shape index (κ3) is 3.98. The van der Waals surface area contributed by atoms with Gasteiger partial charge in [0.2, 0.25) is 5.88 Å². The van der Waals surface area contributed by atoms with E-state index >= 15 is 0 Å². The van der Waals surface area contributed by atoms with Crippen molar-refractivity contribution in [3.63, 3.8) is 0 Å². The monoisotopic (exact) mass is 411 g/mol. The number of ether oxygens (including phenoxy) is 2. The molecule has 0 bridgehead atoms. The molecule has 22 heavy (non-hydrogen) atoms. The molecule has 0 amide bonds. The minimum Gasteiger partial charge on any atom is -0.464 e. The number of aromatic nitrogens is 2. The molecule has 114 valence electrons. The molecule has 0 fully saturated rings. The molecular formula is C15H14IN3O3. The fraction of sp³-hybridized carbons (Fsp3) is 0.267. The second kappa shape index (κ2) is 7.26. The second-order valence-electron chi connectivity index (χ2n) is 4.49. The van der Waals surface area contributed by atoms with E-state index in [0.717, 1.165) is 14.8 Å². The summed E-state index contributed by atoms with van der Waals surface area (Å²) in [6, 6.07) is 7.58. The number of hydrogen-bond donors (Lipinski definition) is 0. The van der Waals surface area contributed by atoms with Crippen LogP contribution in [0, 0.1) is 21.8 Å². The number of carbonyl (C=O) groups excluding carboxylic acids is 1. The van der Waals surface area contributed by atoms with Crippen LogP contribution in [0.1, 0.15) is 18.1 Å². The largest absolute Gasteiger partial charge is 0.464 e. The van der Waals surface area contributed by atoms with Gasteiger partial charge in [0.15, 0.2) is 6.61 Å². The zero-order chi connectivity index (χ0) is 16.1. The van der Waals surface area contributed by atoms with E-state index in [1.165, 1.54) is 0 Å².